The molecular weight excluding hydrogens is 294 g/mol. The van der Waals surface area contributed by atoms with Gasteiger partial charge in [0.25, 0.3) is 0 Å². The molecule has 138 valence electrons. The first-order chi connectivity index (χ1) is 10.6. The molecule has 1 amide bonds. The highest BCUT2D eigenvalue weighted by molar-refractivity contribution is 5.67. The van der Waals surface area contributed by atoms with Gasteiger partial charge in [0.15, 0.2) is 0 Å². The molecule has 0 aromatic carbocycles. The van der Waals surface area contributed by atoms with Crippen molar-refractivity contribution in [2.75, 3.05) is 40.9 Å². The van der Waals surface area contributed by atoms with E-state index in [1.54, 1.807) is 7.11 Å². The maximum absolute atomic E-state index is 11.6. The van der Waals surface area contributed by atoms with E-state index in [9.17, 15) is 4.79 Å². The molecule has 0 spiro atoms. The first-order valence-corrected chi connectivity index (χ1v) is 8.50. The van der Waals surface area contributed by atoms with E-state index in [2.05, 4.69) is 36.6 Å². The van der Waals surface area contributed by atoms with Crippen molar-refractivity contribution in [3.8, 4) is 0 Å². The fourth-order valence-electron chi connectivity index (χ4n) is 2.21. The van der Waals surface area contributed by atoms with Gasteiger partial charge < -0.3 is 25.0 Å². The lowest BCUT2D eigenvalue weighted by atomic mass is 10.1. The van der Waals surface area contributed by atoms with Crippen LogP contribution < -0.4 is 10.6 Å². The van der Waals surface area contributed by atoms with Crippen LogP contribution in [0.1, 0.15) is 47.0 Å². The fraction of sp³-hybridized carbons (Fsp3) is 0.941. The average molecular weight is 332 g/mol. The molecule has 0 aromatic heterocycles. The Bertz CT molecular complexity index is 317. The Morgan fingerprint density at radius 1 is 1.22 bits per heavy atom. The normalized spacial score (nSPS) is 14.6. The van der Waals surface area contributed by atoms with Gasteiger partial charge in [0.2, 0.25) is 0 Å². The molecule has 0 saturated heterocycles. The highest BCUT2D eigenvalue weighted by atomic mass is 16.6. The molecule has 0 radical (unpaired) electrons. The van der Waals surface area contributed by atoms with E-state index < -0.39 is 5.60 Å². The number of amides is 1. The first kappa shape index (κ1) is 22.1. The SMILES string of the molecule is COCC(CCCNC(=O)OC(C)(C)C)NC(C)CCN(C)C. The molecule has 0 heterocycles. The summed E-state index contributed by atoms with van der Waals surface area (Å²) in [5, 5.41) is 6.40. The topological polar surface area (TPSA) is 62.8 Å². The van der Waals surface area contributed by atoms with Crippen molar-refractivity contribution in [1.29, 1.82) is 0 Å². The summed E-state index contributed by atoms with van der Waals surface area (Å²) in [5.41, 5.74) is -0.452. The van der Waals surface area contributed by atoms with Gasteiger partial charge in [-0.1, -0.05) is 0 Å². The van der Waals surface area contributed by atoms with Crippen LogP contribution in [0, 0.1) is 0 Å². The van der Waals surface area contributed by atoms with Crippen molar-refractivity contribution >= 4 is 6.09 Å². The lowest BCUT2D eigenvalue weighted by molar-refractivity contribution is 0.0526. The minimum atomic E-state index is -0.452. The Morgan fingerprint density at radius 3 is 2.39 bits per heavy atom. The minimum Gasteiger partial charge on any atom is -0.444 e. The molecule has 0 fully saturated rings. The van der Waals surface area contributed by atoms with Gasteiger partial charge in [-0.2, -0.15) is 0 Å². The van der Waals surface area contributed by atoms with E-state index in [0.29, 0.717) is 25.2 Å². The molecule has 6 heteroatoms. The number of hydrogen-bond acceptors (Lipinski definition) is 5. The molecule has 0 rings (SSSR count). The first-order valence-electron chi connectivity index (χ1n) is 8.50. The third-order valence-electron chi connectivity index (χ3n) is 3.29. The fourth-order valence-corrected chi connectivity index (χ4v) is 2.21. The molecule has 0 aromatic rings. The second-order valence-electron chi connectivity index (χ2n) is 7.38. The van der Waals surface area contributed by atoms with Crippen LogP contribution in [-0.4, -0.2) is 69.6 Å². The summed E-state index contributed by atoms with van der Waals surface area (Å²) in [5.74, 6) is 0. The van der Waals surface area contributed by atoms with Crippen molar-refractivity contribution in [2.24, 2.45) is 0 Å². The molecule has 23 heavy (non-hydrogen) atoms. The van der Waals surface area contributed by atoms with Crippen molar-refractivity contribution in [2.45, 2.75) is 64.6 Å². The van der Waals surface area contributed by atoms with E-state index in [1.807, 2.05) is 20.8 Å². The lowest BCUT2D eigenvalue weighted by Gasteiger charge is -2.24. The minimum absolute atomic E-state index is 0.303. The predicted molar refractivity (Wildman–Crippen MR) is 94.9 cm³/mol. The maximum atomic E-state index is 11.6. The van der Waals surface area contributed by atoms with Gasteiger partial charge in [0.1, 0.15) is 5.60 Å². The molecule has 6 nitrogen and oxygen atoms in total. The summed E-state index contributed by atoms with van der Waals surface area (Å²) >= 11 is 0. The second-order valence-corrected chi connectivity index (χ2v) is 7.38. The van der Waals surface area contributed by atoms with Crippen LogP contribution in [0.25, 0.3) is 0 Å². The van der Waals surface area contributed by atoms with Gasteiger partial charge in [-0.05, 0) is 67.6 Å². The Morgan fingerprint density at radius 2 is 1.87 bits per heavy atom. The summed E-state index contributed by atoms with van der Waals surface area (Å²) < 4.78 is 10.5. The number of alkyl carbamates (subject to hydrolysis) is 1. The van der Waals surface area contributed by atoms with Crippen LogP contribution in [0.3, 0.4) is 0 Å². The third kappa shape index (κ3) is 14.5. The van der Waals surface area contributed by atoms with Crippen LogP contribution in [0.15, 0.2) is 0 Å². The number of nitrogens with zero attached hydrogens (tertiary/aromatic N) is 1. The molecular formula is C17H37N3O3. The number of rotatable bonds is 11. The van der Waals surface area contributed by atoms with E-state index >= 15 is 0 Å². The molecule has 0 bridgehead atoms. The van der Waals surface area contributed by atoms with Gasteiger partial charge in [-0.3, -0.25) is 0 Å². The highest BCUT2D eigenvalue weighted by Gasteiger charge is 2.16. The maximum Gasteiger partial charge on any atom is 0.407 e. The van der Waals surface area contributed by atoms with E-state index in [1.165, 1.54) is 0 Å². The Hall–Kier alpha value is -0.850. The Balaban J connectivity index is 3.97. The van der Waals surface area contributed by atoms with E-state index in [-0.39, 0.29) is 6.09 Å². The van der Waals surface area contributed by atoms with Gasteiger partial charge in [-0.15, -0.1) is 0 Å². The van der Waals surface area contributed by atoms with Crippen LogP contribution >= 0.6 is 0 Å². The van der Waals surface area contributed by atoms with Gasteiger partial charge in [-0.25, -0.2) is 4.79 Å². The summed E-state index contributed by atoms with van der Waals surface area (Å²) in [4.78, 5) is 13.8. The van der Waals surface area contributed by atoms with Crippen LogP contribution in [0.4, 0.5) is 4.79 Å². The quantitative estimate of drug-likeness (QED) is 0.569. The lowest BCUT2D eigenvalue weighted by Crippen LogP contribution is -2.41. The number of hydrogen-bond donors (Lipinski definition) is 2. The summed E-state index contributed by atoms with van der Waals surface area (Å²) in [6.07, 6.45) is 2.59. The Labute approximate surface area is 142 Å². The van der Waals surface area contributed by atoms with Crippen LogP contribution in [-0.2, 0) is 9.47 Å². The highest BCUT2D eigenvalue weighted by Crippen LogP contribution is 2.07. The molecule has 2 unspecified atom stereocenters. The summed E-state index contributed by atoms with van der Waals surface area (Å²) in [7, 11) is 5.89. The molecule has 0 aliphatic heterocycles. The zero-order valence-corrected chi connectivity index (χ0v) is 16.1. The van der Waals surface area contributed by atoms with E-state index in [4.69, 9.17) is 9.47 Å². The molecule has 0 aliphatic rings. The van der Waals surface area contributed by atoms with Gasteiger partial charge in [0.05, 0.1) is 6.61 Å². The van der Waals surface area contributed by atoms with E-state index in [0.717, 1.165) is 25.8 Å². The smallest absolute Gasteiger partial charge is 0.407 e. The van der Waals surface area contributed by atoms with Gasteiger partial charge in [0, 0.05) is 25.7 Å². The molecule has 2 N–H and O–H groups in total. The number of methoxy groups -OCH3 is 1. The standard InChI is InChI=1S/C17H37N3O3/c1-14(10-12-20(5)6)19-15(13-22-7)9-8-11-18-16(21)23-17(2,3)4/h14-15,19H,8-13H2,1-7H3,(H,18,21). The third-order valence-corrected chi connectivity index (χ3v) is 3.29. The summed E-state index contributed by atoms with van der Waals surface area (Å²) in [6, 6.07) is 0.744. The largest absolute Gasteiger partial charge is 0.444 e. The van der Waals surface area contributed by atoms with Crippen molar-refractivity contribution < 1.29 is 14.3 Å². The van der Waals surface area contributed by atoms with Crippen LogP contribution in [0.2, 0.25) is 0 Å². The van der Waals surface area contributed by atoms with Crippen molar-refractivity contribution in [1.82, 2.24) is 15.5 Å². The number of nitrogens with one attached hydrogen (secondary N) is 2. The number of carbonyl (C=O) groups is 1. The second kappa shape index (κ2) is 11.6. The summed E-state index contributed by atoms with van der Waals surface area (Å²) in [6.45, 7) is 10.1. The molecule has 0 aliphatic carbocycles. The zero-order valence-electron chi connectivity index (χ0n) is 16.1. The Kier molecular flexibility index (Phi) is 11.2. The number of ether oxygens (including phenoxy) is 2. The van der Waals surface area contributed by atoms with Crippen molar-refractivity contribution in [3.63, 3.8) is 0 Å². The van der Waals surface area contributed by atoms with Gasteiger partial charge >= 0.3 is 6.09 Å². The molecule has 2 atom stereocenters. The number of carbonyl (C=O) groups excluding carboxylic acids is 1. The predicted octanol–water partition coefficient (Wildman–Crippen LogP) is 2.24. The zero-order chi connectivity index (χ0) is 17.9. The van der Waals surface area contributed by atoms with Crippen molar-refractivity contribution in [3.05, 3.63) is 0 Å². The average Bonchev–Trinajstić information content (AvgIpc) is 2.39. The molecule has 0 saturated carbocycles. The van der Waals surface area contributed by atoms with Crippen LogP contribution in [0.5, 0.6) is 0 Å². The monoisotopic (exact) mass is 331 g/mol.